The van der Waals surface area contributed by atoms with Crippen LogP contribution in [0, 0.1) is 5.92 Å². The molecule has 92 valence electrons. The van der Waals surface area contributed by atoms with Crippen molar-refractivity contribution in [1.82, 2.24) is 0 Å². The largest absolute Gasteiger partial charge is 0.373 e. The molecule has 0 bridgehead atoms. The lowest BCUT2D eigenvalue weighted by Gasteiger charge is -2.05. The van der Waals surface area contributed by atoms with Gasteiger partial charge in [-0.3, -0.25) is 0 Å². The normalized spacial score (nSPS) is 21.8. The van der Waals surface area contributed by atoms with Gasteiger partial charge in [-0.15, -0.1) is 0 Å². The molecule has 0 aliphatic carbocycles. The Morgan fingerprint density at radius 2 is 1.94 bits per heavy atom. The van der Waals surface area contributed by atoms with Crippen molar-refractivity contribution in [2.24, 2.45) is 5.92 Å². The van der Waals surface area contributed by atoms with Crippen molar-refractivity contribution < 1.29 is 4.74 Å². The number of epoxide rings is 1. The molecule has 1 aliphatic rings. The van der Waals surface area contributed by atoms with Crippen molar-refractivity contribution >= 4 is 0 Å². The Morgan fingerprint density at radius 1 is 1.25 bits per heavy atom. The molecule has 1 rings (SSSR count). The van der Waals surface area contributed by atoms with Crippen LogP contribution in [0.3, 0.4) is 0 Å². The minimum atomic E-state index is 0.569. The molecule has 1 saturated heterocycles. The summed E-state index contributed by atoms with van der Waals surface area (Å²) in [6.07, 6.45) is 10.2. The lowest BCUT2D eigenvalue weighted by Crippen LogP contribution is -2.01. The molecule has 0 amide bonds. The molecule has 2 atom stereocenters. The highest BCUT2D eigenvalue weighted by atomic mass is 16.6. The molecule has 1 fully saturated rings. The van der Waals surface area contributed by atoms with Crippen LogP contribution in [0.4, 0.5) is 0 Å². The maximum Gasteiger partial charge on any atom is 0.0835 e. The molecule has 1 heteroatoms. The fourth-order valence-corrected chi connectivity index (χ4v) is 1.85. The van der Waals surface area contributed by atoms with Gasteiger partial charge in [-0.05, 0) is 52.4 Å². The third-order valence-electron chi connectivity index (χ3n) is 3.20. The van der Waals surface area contributed by atoms with E-state index in [-0.39, 0.29) is 0 Å². The molecular weight excluding hydrogens is 196 g/mol. The van der Waals surface area contributed by atoms with Gasteiger partial charge in [0.25, 0.3) is 0 Å². The molecule has 0 spiro atoms. The van der Waals surface area contributed by atoms with Crippen LogP contribution in [0.25, 0.3) is 0 Å². The standard InChI is InChI=1S/C15H26O/c1-12(2)7-5-8-13(3)9-6-10-14(4)15-11-16-15/h7,9,14-15H,5-6,8,10-11H2,1-4H3/b13-9+. The molecule has 0 aromatic rings. The quantitative estimate of drug-likeness (QED) is 0.456. The molecular formula is C15H26O. The molecule has 0 aromatic carbocycles. The summed E-state index contributed by atoms with van der Waals surface area (Å²) in [7, 11) is 0. The predicted octanol–water partition coefficient (Wildman–Crippen LogP) is 4.49. The zero-order chi connectivity index (χ0) is 12.0. The molecule has 1 heterocycles. The van der Waals surface area contributed by atoms with E-state index in [0.717, 1.165) is 12.5 Å². The lowest BCUT2D eigenvalue weighted by molar-refractivity contribution is 0.332. The summed E-state index contributed by atoms with van der Waals surface area (Å²) in [5, 5.41) is 0. The Balaban J connectivity index is 2.10. The Bertz CT molecular complexity index is 255. The van der Waals surface area contributed by atoms with E-state index >= 15 is 0 Å². The third-order valence-corrected chi connectivity index (χ3v) is 3.20. The third kappa shape index (κ3) is 6.12. The Morgan fingerprint density at radius 3 is 2.50 bits per heavy atom. The molecule has 1 nitrogen and oxygen atoms in total. The van der Waals surface area contributed by atoms with Gasteiger partial charge in [0.2, 0.25) is 0 Å². The van der Waals surface area contributed by atoms with Gasteiger partial charge in [-0.2, -0.15) is 0 Å². The highest BCUT2D eigenvalue weighted by Gasteiger charge is 2.28. The highest BCUT2D eigenvalue weighted by molar-refractivity contribution is 5.02. The summed E-state index contributed by atoms with van der Waals surface area (Å²) in [5.41, 5.74) is 2.95. The van der Waals surface area contributed by atoms with E-state index in [4.69, 9.17) is 4.74 Å². The zero-order valence-corrected chi connectivity index (χ0v) is 11.3. The predicted molar refractivity (Wildman–Crippen MR) is 70.6 cm³/mol. The average molecular weight is 222 g/mol. The monoisotopic (exact) mass is 222 g/mol. The van der Waals surface area contributed by atoms with Gasteiger partial charge in [0.15, 0.2) is 0 Å². The first-order chi connectivity index (χ1) is 7.59. The van der Waals surface area contributed by atoms with Gasteiger partial charge in [0.1, 0.15) is 0 Å². The Kier molecular flexibility index (Phi) is 5.83. The van der Waals surface area contributed by atoms with Crippen LogP contribution < -0.4 is 0 Å². The van der Waals surface area contributed by atoms with Crippen LogP contribution in [0.2, 0.25) is 0 Å². The first kappa shape index (κ1) is 13.5. The van der Waals surface area contributed by atoms with Crippen molar-refractivity contribution in [2.75, 3.05) is 6.61 Å². The molecule has 0 N–H and O–H groups in total. The van der Waals surface area contributed by atoms with Crippen molar-refractivity contribution in [3.8, 4) is 0 Å². The van der Waals surface area contributed by atoms with Crippen molar-refractivity contribution in [3.05, 3.63) is 23.3 Å². The topological polar surface area (TPSA) is 12.5 Å². The summed E-state index contributed by atoms with van der Waals surface area (Å²) in [6.45, 7) is 9.86. The number of allylic oxidation sites excluding steroid dienone is 4. The van der Waals surface area contributed by atoms with E-state index in [0.29, 0.717) is 6.10 Å². The van der Waals surface area contributed by atoms with Gasteiger partial charge in [-0.1, -0.05) is 30.2 Å². The van der Waals surface area contributed by atoms with Gasteiger partial charge in [0, 0.05) is 0 Å². The summed E-state index contributed by atoms with van der Waals surface area (Å²) >= 11 is 0. The summed E-state index contributed by atoms with van der Waals surface area (Å²) in [4.78, 5) is 0. The maximum absolute atomic E-state index is 5.29. The van der Waals surface area contributed by atoms with Crippen LogP contribution in [0.5, 0.6) is 0 Å². The maximum atomic E-state index is 5.29. The fraction of sp³-hybridized carbons (Fsp3) is 0.733. The Labute approximate surface area is 101 Å². The first-order valence-electron chi connectivity index (χ1n) is 6.50. The number of hydrogen-bond donors (Lipinski definition) is 0. The summed E-state index contributed by atoms with van der Waals surface area (Å²) in [5.74, 6) is 0.738. The number of hydrogen-bond acceptors (Lipinski definition) is 1. The van der Waals surface area contributed by atoms with Crippen LogP contribution in [-0.2, 0) is 4.74 Å². The zero-order valence-electron chi connectivity index (χ0n) is 11.3. The van der Waals surface area contributed by atoms with E-state index in [9.17, 15) is 0 Å². The van der Waals surface area contributed by atoms with E-state index in [1.165, 1.54) is 36.8 Å². The SMILES string of the molecule is CC(C)=CCC/C(C)=C/CCC(C)C1CO1. The number of rotatable bonds is 7. The molecule has 16 heavy (non-hydrogen) atoms. The van der Waals surface area contributed by atoms with Crippen molar-refractivity contribution in [2.45, 2.75) is 59.5 Å². The van der Waals surface area contributed by atoms with E-state index in [2.05, 4.69) is 39.8 Å². The van der Waals surface area contributed by atoms with Crippen LogP contribution >= 0.6 is 0 Å². The minimum Gasteiger partial charge on any atom is -0.373 e. The second kappa shape index (κ2) is 6.90. The van der Waals surface area contributed by atoms with Gasteiger partial charge >= 0.3 is 0 Å². The molecule has 0 aromatic heterocycles. The summed E-state index contributed by atoms with van der Waals surface area (Å²) < 4.78 is 5.29. The number of ether oxygens (including phenoxy) is 1. The van der Waals surface area contributed by atoms with Crippen LogP contribution in [0.15, 0.2) is 23.3 Å². The average Bonchev–Trinajstić information content (AvgIpc) is 2.99. The summed E-state index contributed by atoms with van der Waals surface area (Å²) in [6, 6.07) is 0. The van der Waals surface area contributed by atoms with Gasteiger partial charge in [-0.25, -0.2) is 0 Å². The van der Waals surface area contributed by atoms with Crippen LogP contribution in [0.1, 0.15) is 53.4 Å². The minimum absolute atomic E-state index is 0.569. The second-order valence-corrected chi connectivity index (χ2v) is 5.30. The second-order valence-electron chi connectivity index (χ2n) is 5.30. The van der Waals surface area contributed by atoms with Crippen LogP contribution in [-0.4, -0.2) is 12.7 Å². The molecule has 1 aliphatic heterocycles. The van der Waals surface area contributed by atoms with Crippen molar-refractivity contribution in [3.63, 3.8) is 0 Å². The molecule has 0 radical (unpaired) electrons. The van der Waals surface area contributed by atoms with Gasteiger partial charge < -0.3 is 4.74 Å². The smallest absolute Gasteiger partial charge is 0.0835 e. The lowest BCUT2D eigenvalue weighted by atomic mass is 10.0. The van der Waals surface area contributed by atoms with E-state index < -0.39 is 0 Å². The first-order valence-corrected chi connectivity index (χ1v) is 6.50. The van der Waals surface area contributed by atoms with Crippen molar-refractivity contribution in [1.29, 1.82) is 0 Å². The van der Waals surface area contributed by atoms with E-state index in [1.54, 1.807) is 0 Å². The van der Waals surface area contributed by atoms with E-state index in [1.807, 2.05) is 0 Å². The molecule has 0 saturated carbocycles. The Hall–Kier alpha value is -0.560. The molecule has 2 unspecified atom stereocenters. The fourth-order valence-electron chi connectivity index (χ4n) is 1.85. The van der Waals surface area contributed by atoms with Gasteiger partial charge in [0.05, 0.1) is 12.7 Å². The highest BCUT2D eigenvalue weighted by Crippen LogP contribution is 2.24.